The van der Waals surface area contributed by atoms with Gasteiger partial charge in [0.15, 0.2) is 5.13 Å². The molecular formula is C24H26N4O5S. The number of rotatable bonds is 10. The van der Waals surface area contributed by atoms with E-state index in [1.807, 2.05) is 24.4 Å². The Morgan fingerprint density at radius 1 is 1.21 bits per heavy atom. The highest BCUT2D eigenvalue weighted by Crippen LogP contribution is 2.30. The molecule has 0 aliphatic carbocycles. The van der Waals surface area contributed by atoms with E-state index in [0.717, 1.165) is 10.7 Å². The first-order valence-corrected chi connectivity index (χ1v) is 11.7. The second-order valence-corrected chi connectivity index (χ2v) is 8.90. The summed E-state index contributed by atoms with van der Waals surface area (Å²) in [5.41, 5.74) is 2.73. The zero-order valence-electron chi connectivity index (χ0n) is 19.1. The standard InChI is InChI=1S/C24H26N4O5S/c1-4-27(24-25-20(14-34-24)18-6-5-7-19(12-18)28(32)33)13-16-8-10-17(11-9-16)22(29)26-21(15(2)3)23(30)31/h5-12,14-15,21H,4,13H2,1-3H3,(H,26,29)(H,30,31). The summed E-state index contributed by atoms with van der Waals surface area (Å²) in [6.07, 6.45) is 0. The van der Waals surface area contributed by atoms with Gasteiger partial charge in [-0.3, -0.25) is 14.9 Å². The van der Waals surface area contributed by atoms with Gasteiger partial charge in [-0.05, 0) is 30.5 Å². The number of carbonyl (C=O) groups is 2. The predicted octanol–water partition coefficient (Wildman–Crippen LogP) is 4.58. The van der Waals surface area contributed by atoms with Crippen LogP contribution in [0.5, 0.6) is 0 Å². The van der Waals surface area contributed by atoms with Crippen LogP contribution < -0.4 is 10.2 Å². The molecule has 178 valence electrons. The number of thiazole rings is 1. The molecule has 2 N–H and O–H groups in total. The molecule has 0 radical (unpaired) electrons. The minimum Gasteiger partial charge on any atom is -0.480 e. The van der Waals surface area contributed by atoms with Crippen LogP contribution in [0.15, 0.2) is 53.9 Å². The molecule has 34 heavy (non-hydrogen) atoms. The Bertz CT molecular complexity index is 1180. The minimum atomic E-state index is -1.06. The Morgan fingerprint density at radius 3 is 2.50 bits per heavy atom. The van der Waals surface area contributed by atoms with Gasteiger partial charge in [-0.25, -0.2) is 9.78 Å². The van der Waals surface area contributed by atoms with Crippen LogP contribution in [-0.2, 0) is 11.3 Å². The third-order valence-electron chi connectivity index (χ3n) is 5.31. The van der Waals surface area contributed by atoms with E-state index in [0.29, 0.717) is 29.9 Å². The molecule has 3 aromatic rings. The highest BCUT2D eigenvalue weighted by molar-refractivity contribution is 7.14. The number of aliphatic carboxylic acids is 1. The summed E-state index contributed by atoms with van der Waals surface area (Å²) in [6, 6.07) is 12.4. The van der Waals surface area contributed by atoms with Crippen molar-refractivity contribution in [3.05, 3.63) is 75.2 Å². The van der Waals surface area contributed by atoms with Crippen molar-refractivity contribution < 1.29 is 19.6 Å². The lowest BCUT2D eigenvalue weighted by atomic mass is 10.0. The maximum atomic E-state index is 12.4. The molecule has 0 aliphatic rings. The second kappa shape index (κ2) is 10.9. The van der Waals surface area contributed by atoms with Crippen LogP contribution in [0, 0.1) is 16.0 Å². The summed E-state index contributed by atoms with van der Waals surface area (Å²) in [4.78, 5) is 41.1. The monoisotopic (exact) mass is 482 g/mol. The first-order chi connectivity index (χ1) is 16.2. The summed E-state index contributed by atoms with van der Waals surface area (Å²) in [5.74, 6) is -1.72. The largest absolute Gasteiger partial charge is 0.480 e. The summed E-state index contributed by atoms with van der Waals surface area (Å²) < 4.78 is 0. The number of nitrogens with zero attached hydrogens (tertiary/aromatic N) is 3. The number of nitro benzene ring substituents is 1. The second-order valence-electron chi connectivity index (χ2n) is 8.07. The van der Waals surface area contributed by atoms with Gasteiger partial charge < -0.3 is 15.3 Å². The number of nitro groups is 1. The minimum absolute atomic E-state index is 0.0200. The lowest BCUT2D eigenvalue weighted by molar-refractivity contribution is -0.384. The van der Waals surface area contributed by atoms with Gasteiger partial charge in [0.25, 0.3) is 11.6 Å². The van der Waals surface area contributed by atoms with Crippen LogP contribution in [-0.4, -0.2) is 39.5 Å². The number of anilines is 1. The van der Waals surface area contributed by atoms with Gasteiger partial charge in [0.05, 0.1) is 10.6 Å². The van der Waals surface area contributed by atoms with Crippen LogP contribution in [0.1, 0.15) is 36.7 Å². The van der Waals surface area contributed by atoms with E-state index < -0.39 is 22.8 Å². The van der Waals surface area contributed by atoms with Crippen LogP contribution in [0.25, 0.3) is 11.3 Å². The molecular weight excluding hydrogens is 456 g/mol. The van der Waals surface area contributed by atoms with Crippen molar-refractivity contribution in [2.24, 2.45) is 5.92 Å². The molecule has 2 aromatic carbocycles. The molecule has 9 nitrogen and oxygen atoms in total. The zero-order chi connectivity index (χ0) is 24.8. The van der Waals surface area contributed by atoms with Crippen molar-refractivity contribution in [1.82, 2.24) is 10.3 Å². The third-order valence-corrected chi connectivity index (χ3v) is 6.21. The Morgan fingerprint density at radius 2 is 1.91 bits per heavy atom. The van der Waals surface area contributed by atoms with E-state index in [1.165, 1.54) is 23.5 Å². The average molecular weight is 483 g/mol. The number of hydrogen-bond acceptors (Lipinski definition) is 7. The maximum absolute atomic E-state index is 12.4. The summed E-state index contributed by atoms with van der Waals surface area (Å²) in [6.45, 7) is 6.74. The molecule has 0 spiro atoms. The lowest BCUT2D eigenvalue weighted by Crippen LogP contribution is -2.44. The van der Waals surface area contributed by atoms with Gasteiger partial charge in [-0.15, -0.1) is 11.3 Å². The van der Waals surface area contributed by atoms with Crippen molar-refractivity contribution in [2.45, 2.75) is 33.4 Å². The Kier molecular flexibility index (Phi) is 7.95. The average Bonchev–Trinajstić information content (AvgIpc) is 3.31. The fraction of sp³-hybridized carbons (Fsp3) is 0.292. The van der Waals surface area contributed by atoms with E-state index in [-0.39, 0.29) is 11.6 Å². The van der Waals surface area contributed by atoms with E-state index >= 15 is 0 Å². The normalized spacial score (nSPS) is 11.8. The molecule has 1 amide bonds. The number of carboxylic acids is 1. The number of hydrogen-bond donors (Lipinski definition) is 2. The molecule has 0 fully saturated rings. The van der Waals surface area contributed by atoms with E-state index in [9.17, 15) is 24.8 Å². The predicted molar refractivity (Wildman–Crippen MR) is 131 cm³/mol. The van der Waals surface area contributed by atoms with Crippen LogP contribution in [0.3, 0.4) is 0 Å². The maximum Gasteiger partial charge on any atom is 0.326 e. The number of non-ortho nitro benzene ring substituents is 1. The number of carboxylic acid groups (broad SMARTS) is 1. The lowest BCUT2D eigenvalue weighted by Gasteiger charge is -2.20. The number of aromatic nitrogens is 1. The smallest absolute Gasteiger partial charge is 0.326 e. The van der Waals surface area contributed by atoms with Gasteiger partial charge in [-0.2, -0.15) is 0 Å². The molecule has 0 aliphatic heterocycles. The third kappa shape index (κ3) is 5.96. The quantitative estimate of drug-likeness (QED) is 0.320. The van der Waals surface area contributed by atoms with Crippen LogP contribution >= 0.6 is 11.3 Å². The SMILES string of the molecule is CCN(Cc1ccc(C(=O)NC(C(=O)O)C(C)C)cc1)c1nc(-c2cccc([N+](=O)[O-])c2)cs1. The Hall–Kier alpha value is -3.79. The van der Waals surface area contributed by atoms with Gasteiger partial charge in [0.1, 0.15) is 6.04 Å². The zero-order valence-corrected chi connectivity index (χ0v) is 19.9. The van der Waals surface area contributed by atoms with Gasteiger partial charge in [0, 0.05) is 41.7 Å². The Labute approximate surface area is 201 Å². The van der Waals surface area contributed by atoms with E-state index in [2.05, 4.69) is 15.2 Å². The molecule has 0 bridgehead atoms. The molecule has 0 saturated heterocycles. The molecule has 1 aromatic heterocycles. The molecule has 1 atom stereocenters. The molecule has 1 heterocycles. The summed E-state index contributed by atoms with van der Waals surface area (Å²) in [5, 5.41) is 25.5. The molecule has 0 saturated carbocycles. The topological polar surface area (TPSA) is 126 Å². The first-order valence-electron chi connectivity index (χ1n) is 10.8. The van der Waals surface area contributed by atoms with Crippen molar-refractivity contribution in [2.75, 3.05) is 11.4 Å². The van der Waals surface area contributed by atoms with Gasteiger partial charge in [0.2, 0.25) is 0 Å². The van der Waals surface area contributed by atoms with E-state index in [1.54, 1.807) is 38.1 Å². The Balaban J connectivity index is 1.70. The van der Waals surface area contributed by atoms with Crippen molar-refractivity contribution in [1.29, 1.82) is 0 Å². The number of benzene rings is 2. The fourth-order valence-corrected chi connectivity index (χ4v) is 4.26. The van der Waals surface area contributed by atoms with Crippen molar-refractivity contribution in [3.63, 3.8) is 0 Å². The van der Waals surface area contributed by atoms with E-state index in [4.69, 9.17) is 0 Å². The fourth-order valence-electron chi connectivity index (χ4n) is 3.36. The number of carbonyl (C=O) groups excluding carboxylic acids is 1. The molecule has 3 rings (SSSR count). The number of amides is 1. The number of nitrogens with one attached hydrogen (secondary N) is 1. The summed E-state index contributed by atoms with van der Waals surface area (Å²) >= 11 is 1.46. The first kappa shape index (κ1) is 24.8. The highest BCUT2D eigenvalue weighted by atomic mass is 32.1. The highest BCUT2D eigenvalue weighted by Gasteiger charge is 2.24. The van der Waals surface area contributed by atoms with Gasteiger partial charge >= 0.3 is 5.97 Å². The molecule has 1 unspecified atom stereocenters. The van der Waals surface area contributed by atoms with Crippen LogP contribution in [0.4, 0.5) is 10.8 Å². The van der Waals surface area contributed by atoms with Gasteiger partial charge in [-0.1, -0.05) is 38.1 Å². The van der Waals surface area contributed by atoms with Crippen LogP contribution in [0.2, 0.25) is 0 Å². The molecule has 10 heteroatoms. The summed E-state index contributed by atoms with van der Waals surface area (Å²) in [7, 11) is 0. The van der Waals surface area contributed by atoms with Crippen molar-refractivity contribution in [3.8, 4) is 11.3 Å². The van der Waals surface area contributed by atoms with Crippen molar-refractivity contribution >= 4 is 34.0 Å².